The molecule has 0 heterocycles. The highest BCUT2D eigenvalue weighted by Gasteiger charge is 2.19. The minimum Gasteiger partial charge on any atom is -0.324 e. The van der Waals surface area contributed by atoms with Crippen molar-refractivity contribution in [3.63, 3.8) is 0 Å². The average molecular weight is 221 g/mol. The van der Waals surface area contributed by atoms with Gasteiger partial charge in [-0.25, -0.2) is 4.39 Å². The lowest BCUT2D eigenvalue weighted by atomic mass is 9.93. The van der Waals surface area contributed by atoms with Crippen LogP contribution < -0.4 is 5.73 Å². The van der Waals surface area contributed by atoms with Gasteiger partial charge in [0.1, 0.15) is 5.82 Å². The van der Waals surface area contributed by atoms with Gasteiger partial charge in [-0.15, -0.1) is 0 Å². The monoisotopic (exact) mass is 221 g/mol. The van der Waals surface area contributed by atoms with Crippen LogP contribution in [-0.2, 0) is 0 Å². The van der Waals surface area contributed by atoms with E-state index in [1.807, 2.05) is 13.0 Å². The minimum atomic E-state index is -0.170. The summed E-state index contributed by atoms with van der Waals surface area (Å²) in [6.45, 7) is 1.91. The molecule has 0 spiro atoms. The molecule has 16 heavy (non-hydrogen) atoms. The van der Waals surface area contributed by atoms with Crippen molar-refractivity contribution in [2.75, 3.05) is 0 Å². The molecule has 0 amide bonds. The van der Waals surface area contributed by atoms with Crippen molar-refractivity contribution in [2.24, 2.45) is 11.7 Å². The van der Waals surface area contributed by atoms with Crippen molar-refractivity contribution >= 4 is 0 Å². The molecule has 0 bridgehead atoms. The van der Waals surface area contributed by atoms with Gasteiger partial charge >= 0.3 is 0 Å². The van der Waals surface area contributed by atoms with Crippen LogP contribution in [0.15, 0.2) is 18.2 Å². The summed E-state index contributed by atoms with van der Waals surface area (Å²) in [5, 5.41) is 0. The lowest BCUT2D eigenvalue weighted by Crippen LogP contribution is -2.14. The fourth-order valence-corrected chi connectivity index (χ4v) is 2.72. The normalized spacial score (nSPS) is 18.9. The Morgan fingerprint density at radius 1 is 1.31 bits per heavy atom. The van der Waals surface area contributed by atoms with Crippen LogP contribution in [0.3, 0.4) is 0 Å². The maximum Gasteiger partial charge on any atom is 0.123 e. The fraction of sp³-hybridized carbons (Fsp3) is 0.571. The molecule has 2 heteroatoms. The molecule has 0 saturated heterocycles. The third-order valence-corrected chi connectivity index (χ3v) is 3.55. The van der Waals surface area contributed by atoms with Crippen LogP contribution in [-0.4, -0.2) is 0 Å². The second-order valence-corrected chi connectivity index (χ2v) is 5.05. The van der Waals surface area contributed by atoms with Crippen LogP contribution in [0.4, 0.5) is 4.39 Å². The van der Waals surface area contributed by atoms with Gasteiger partial charge in [-0.1, -0.05) is 31.7 Å². The van der Waals surface area contributed by atoms with Crippen LogP contribution in [0.5, 0.6) is 0 Å². The molecule has 2 rings (SSSR count). The largest absolute Gasteiger partial charge is 0.324 e. The van der Waals surface area contributed by atoms with Crippen LogP contribution in [0.2, 0.25) is 0 Å². The lowest BCUT2D eigenvalue weighted by molar-refractivity contribution is 0.449. The number of benzene rings is 1. The van der Waals surface area contributed by atoms with E-state index in [4.69, 9.17) is 5.73 Å². The Bertz CT molecular complexity index is 336. The predicted octanol–water partition coefficient (Wildman–Crippen LogP) is 3.71. The van der Waals surface area contributed by atoms with E-state index in [9.17, 15) is 4.39 Å². The Balaban J connectivity index is 2.04. The zero-order chi connectivity index (χ0) is 11.5. The van der Waals surface area contributed by atoms with Gasteiger partial charge in [-0.3, -0.25) is 0 Å². The van der Waals surface area contributed by atoms with E-state index >= 15 is 0 Å². The Morgan fingerprint density at radius 2 is 2.00 bits per heavy atom. The van der Waals surface area contributed by atoms with Gasteiger partial charge < -0.3 is 5.73 Å². The Hall–Kier alpha value is -0.890. The summed E-state index contributed by atoms with van der Waals surface area (Å²) >= 11 is 0. The van der Waals surface area contributed by atoms with Crippen LogP contribution in [0, 0.1) is 18.7 Å². The zero-order valence-electron chi connectivity index (χ0n) is 9.88. The van der Waals surface area contributed by atoms with Gasteiger partial charge in [0.15, 0.2) is 0 Å². The zero-order valence-corrected chi connectivity index (χ0v) is 9.88. The van der Waals surface area contributed by atoms with E-state index in [1.54, 1.807) is 12.1 Å². The number of hydrogen-bond donors (Lipinski definition) is 1. The Morgan fingerprint density at radius 3 is 2.62 bits per heavy atom. The quantitative estimate of drug-likeness (QED) is 0.827. The third-order valence-electron chi connectivity index (χ3n) is 3.55. The van der Waals surface area contributed by atoms with E-state index < -0.39 is 0 Å². The standard InChI is InChI=1S/C14H20FN/c1-10-6-12(9-13(15)7-10)14(16)8-11-4-2-3-5-11/h6-7,9,11,14H,2-5,8,16H2,1H3. The first-order chi connectivity index (χ1) is 7.65. The molecule has 1 aliphatic rings. The van der Waals surface area contributed by atoms with Gasteiger partial charge in [0.2, 0.25) is 0 Å². The SMILES string of the molecule is Cc1cc(F)cc(C(N)CC2CCCC2)c1. The molecule has 2 N–H and O–H groups in total. The van der Waals surface area contributed by atoms with Crippen LogP contribution in [0.25, 0.3) is 0 Å². The summed E-state index contributed by atoms with van der Waals surface area (Å²) in [6.07, 6.45) is 6.26. The first-order valence-electron chi connectivity index (χ1n) is 6.18. The molecule has 0 radical (unpaired) electrons. The smallest absolute Gasteiger partial charge is 0.123 e. The van der Waals surface area contributed by atoms with E-state index in [0.717, 1.165) is 23.5 Å². The maximum atomic E-state index is 13.2. The third kappa shape index (κ3) is 2.82. The number of halogens is 1. The molecule has 88 valence electrons. The minimum absolute atomic E-state index is 0.00231. The molecule has 0 aromatic heterocycles. The molecular formula is C14H20FN. The highest BCUT2D eigenvalue weighted by Crippen LogP contribution is 2.32. The van der Waals surface area contributed by atoms with Crippen molar-refractivity contribution in [1.29, 1.82) is 0 Å². The molecule has 1 nitrogen and oxygen atoms in total. The molecule has 1 saturated carbocycles. The molecule has 1 unspecified atom stereocenters. The summed E-state index contributed by atoms with van der Waals surface area (Å²) in [5.41, 5.74) is 8.05. The molecule has 1 aromatic rings. The summed E-state index contributed by atoms with van der Waals surface area (Å²) in [7, 11) is 0. The summed E-state index contributed by atoms with van der Waals surface area (Å²) in [6, 6.07) is 5.12. The van der Waals surface area contributed by atoms with Gasteiger partial charge in [-0.2, -0.15) is 0 Å². The molecule has 1 aromatic carbocycles. The van der Waals surface area contributed by atoms with E-state index in [1.165, 1.54) is 25.7 Å². The van der Waals surface area contributed by atoms with Gasteiger partial charge in [0.05, 0.1) is 0 Å². The molecule has 1 fully saturated rings. The first kappa shape index (κ1) is 11.6. The molecule has 1 aliphatic carbocycles. The molecule has 0 aliphatic heterocycles. The molecule has 1 atom stereocenters. The second kappa shape index (κ2) is 4.96. The van der Waals surface area contributed by atoms with E-state index in [2.05, 4.69) is 0 Å². The second-order valence-electron chi connectivity index (χ2n) is 5.05. The van der Waals surface area contributed by atoms with E-state index in [-0.39, 0.29) is 11.9 Å². The number of rotatable bonds is 3. The fourth-order valence-electron chi connectivity index (χ4n) is 2.72. The van der Waals surface area contributed by atoms with Crippen molar-refractivity contribution in [3.05, 3.63) is 35.1 Å². The van der Waals surface area contributed by atoms with E-state index in [0.29, 0.717) is 0 Å². The average Bonchev–Trinajstić information content (AvgIpc) is 2.68. The van der Waals surface area contributed by atoms with Gasteiger partial charge in [0.25, 0.3) is 0 Å². The highest BCUT2D eigenvalue weighted by molar-refractivity contribution is 5.26. The topological polar surface area (TPSA) is 26.0 Å². The van der Waals surface area contributed by atoms with Crippen LogP contribution in [0.1, 0.15) is 49.3 Å². The van der Waals surface area contributed by atoms with Crippen molar-refractivity contribution < 1.29 is 4.39 Å². The molecular weight excluding hydrogens is 201 g/mol. The first-order valence-corrected chi connectivity index (χ1v) is 6.18. The Labute approximate surface area is 96.9 Å². The predicted molar refractivity (Wildman–Crippen MR) is 64.6 cm³/mol. The van der Waals surface area contributed by atoms with Gasteiger partial charge in [0, 0.05) is 6.04 Å². The number of nitrogens with two attached hydrogens (primary N) is 1. The van der Waals surface area contributed by atoms with Crippen molar-refractivity contribution in [3.8, 4) is 0 Å². The van der Waals surface area contributed by atoms with Gasteiger partial charge in [-0.05, 0) is 42.5 Å². The summed E-state index contributed by atoms with van der Waals surface area (Å²) in [4.78, 5) is 0. The lowest BCUT2D eigenvalue weighted by Gasteiger charge is -2.17. The Kier molecular flexibility index (Phi) is 3.59. The maximum absolute atomic E-state index is 13.2. The number of hydrogen-bond acceptors (Lipinski definition) is 1. The number of aryl methyl sites for hydroxylation is 1. The highest BCUT2D eigenvalue weighted by atomic mass is 19.1. The summed E-state index contributed by atoms with van der Waals surface area (Å²) < 4.78 is 13.2. The summed E-state index contributed by atoms with van der Waals surface area (Å²) in [5.74, 6) is 0.579. The van der Waals surface area contributed by atoms with Crippen molar-refractivity contribution in [2.45, 2.75) is 45.1 Å². The van der Waals surface area contributed by atoms with Crippen molar-refractivity contribution in [1.82, 2.24) is 0 Å². The van der Waals surface area contributed by atoms with Crippen LogP contribution >= 0.6 is 0 Å².